The highest BCUT2D eigenvalue weighted by molar-refractivity contribution is 6.05. The quantitative estimate of drug-likeness (QED) is 0.429. The van der Waals surface area contributed by atoms with Crippen LogP contribution in [-0.2, 0) is 4.79 Å². The smallest absolute Gasteiger partial charge is 0.270 e. The van der Waals surface area contributed by atoms with E-state index in [-0.39, 0.29) is 28.5 Å². The summed E-state index contributed by atoms with van der Waals surface area (Å²) in [7, 11) is 0. The molecule has 1 saturated heterocycles. The molecular formula is C21H20N4O6. The summed E-state index contributed by atoms with van der Waals surface area (Å²) >= 11 is 0. The summed E-state index contributed by atoms with van der Waals surface area (Å²) in [6.45, 7) is 1.11. The second-order valence-corrected chi connectivity index (χ2v) is 7.02. The molecule has 31 heavy (non-hydrogen) atoms. The zero-order valence-electron chi connectivity index (χ0n) is 16.5. The molecule has 0 aliphatic carbocycles. The van der Waals surface area contributed by atoms with E-state index >= 15 is 0 Å². The van der Waals surface area contributed by atoms with E-state index in [0.29, 0.717) is 18.7 Å². The Morgan fingerprint density at radius 3 is 2.16 bits per heavy atom. The van der Waals surface area contributed by atoms with Gasteiger partial charge in [0.1, 0.15) is 5.70 Å². The van der Waals surface area contributed by atoms with Crippen molar-refractivity contribution < 1.29 is 19.4 Å². The first-order chi connectivity index (χ1) is 14.8. The maximum absolute atomic E-state index is 13.1. The highest BCUT2D eigenvalue weighted by Crippen LogP contribution is 2.18. The minimum Gasteiger partial charge on any atom is -0.337 e. The molecule has 0 aromatic heterocycles. The van der Waals surface area contributed by atoms with Crippen molar-refractivity contribution in [3.8, 4) is 0 Å². The molecule has 0 bridgehead atoms. The van der Waals surface area contributed by atoms with Crippen molar-refractivity contribution in [1.29, 1.82) is 0 Å². The highest BCUT2D eigenvalue weighted by Gasteiger charge is 2.23. The van der Waals surface area contributed by atoms with Gasteiger partial charge >= 0.3 is 0 Å². The van der Waals surface area contributed by atoms with E-state index in [9.17, 15) is 29.8 Å². The van der Waals surface area contributed by atoms with E-state index in [0.717, 1.165) is 19.3 Å². The lowest BCUT2D eigenvalue weighted by atomic mass is 10.1. The molecular weight excluding hydrogens is 404 g/mol. The lowest BCUT2D eigenvalue weighted by Gasteiger charge is -2.27. The van der Waals surface area contributed by atoms with Crippen LogP contribution in [0.15, 0.2) is 54.2 Å². The topological polar surface area (TPSA) is 136 Å². The first-order valence-electron chi connectivity index (χ1n) is 9.66. The van der Waals surface area contributed by atoms with Crippen LogP contribution in [0.25, 0.3) is 6.08 Å². The Morgan fingerprint density at radius 2 is 1.55 bits per heavy atom. The van der Waals surface area contributed by atoms with Gasteiger partial charge in [0.15, 0.2) is 0 Å². The van der Waals surface area contributed by atoms with E-state index in [1.54, 1.807) is 11.0 Å². The van der Waals surface area contributed by atoms with Crippen LogP contribution in [-0.4, -0.2) is 39.7 Å². The molecule has 0 radical (unpaired) electrons. The molecule has 3 rings (SSSR count). The van der Waals surface area contributed by atoms with Crippen molar-refractivity contribution in [1.82, 2.24) is 10.2 Å². The van der Waals surface area contributed by atoms with Crippen molar-refractivity contribution in [2.45, 2.75) is 19.3 Å². The second-order valence-electron chi connectivity index (χ2n) is 7.02. The largest absolute Gasteiger partial charge is 0.337 e. The number of nitro benzene ring substituents is 2. The van der Waals surface area contributed by atoms with Crippen molar-refractivity contribution >= 4 is 29.3 Å². The summed E-state index contributed by atoms with van der Waals surface area (Å²) in [4.78, 5) is 48.1. The molecule has 2 aromatic carbocycles. The standard InChI is InChI=1S/C21H20N4O6/c26-20(16-7-9-17(10-8-16)24(28)29)22-19(21(27)23-11-2-1-3-12-23)14-15-5-4-6-18(13-15)25(30)31/h4-10,13-14H,1-3,11-12H2,(H,22,26)/b19-14+. The van der Waals surface area contributed by atoms with Crippen molar-refractivity contribution in [3.05, 3.63) is 85.6 Å². The number of nitrogens with one attached hydrogen (secondary N) is 1. The number of rotatable bonds is 6. The molecule has 10 heteroatoms. The third-order valence-corrected chi connectivity index (χ3v) is 4.85. The highest BCUT2D eigenvalue weighted by atomic mass is 16.6. The van der Waals surface area contributed by atoms with Gasteiger partial charge in [0.2, 0.25) is 0 Å². The van der Waals surface area contributed by atoms with E-state index in [4.69, 9.17) is 0 Å². The molecule has 1 N–H and O–H groups in total. The van der Waals surface area contributed by atoms with Crippen LogP contribution in [0.5, 0.6) is 0 Å². The van der Waals surface area contributed by atoms with E-state index in [2.05, 4.69) is 5.32 Å². The molecule has 1 heterocycles. The number of carbonyl (C=O) groups excluding carboxylic acids is 2. The van der Waals surface area contributed by atoms with E-state index in [1.807, 2.05) is 0 Å². The van der Waals surface area contributed by atoms with Crippen LogP contribution in [0.2, 0.25) is 0 Å². The molecule has 1 fully saturated rings. The average molecular weight is 424 g/mol. The van der Waals surface area contributed by atoms with Crippen LogP contribution in [0.1, 0.15) is 35.2 Å². The third kappa shape index (κ3) is 5.50. The van der Waals surface area contributed by atoms with Gasteiger partial charge in [0.05, 0.1) is 9.85 Å². The van der Waals surface area contributed by atoms with Gasteiger partial charge in [-0.2, -0.15) is 0 Å². The van der Waals surface area contributed by atoms with Gasteiger partial charge in [-0.3, -0.25) is 29.8 Å². The summed E-state index contributed by atoms with van der Waals surface area (Å²) in [5.41, 5.74) is 0.208. The predicted molar refractivity (Wildman–Crippen MR) is 112 cm³/mol. The van der Waals surface area contributed by atoms with Gasteiger partial charge in [-0.25, -0.2) is 0 Å². The number of likely N-dealkylation sites (tertiary alicyclic amines) is 1. The first-order valence-corrected chi connectivity index (χ1v) is 9.66. The van der Waals surface area contributed by atoms with Crippen LogP contribution < -0.4 is 5.32 Å². The third-order valence-electron chi connectivity index (χ3n) is 4.85. The normalized spacial score (nSPS) is 14.1. The maximum atomic E-state index is 13.1. The van der Waals surface area contributed by atoms with Gasteiger partial charge < -0.3 is 10.2 Å². The number of non-ortho nitro benzene ring substituents is 2. The monoisotopic (exact) mass is 424 g/mol. The summed E-state index contributed by atoms with van der Waals surface area (Å²) in [5, 5.41) is 24.4. The van der Waals surface area contributed by atoms with Crippen LogP contribution in [0.4, 0.5) is 11.4 Å². The van der Waals surface area contributed by atoms with Crippen molar-refractivity contribution in [3.63, 3.8) is 0 Å². The molecule has 160 valence electrons. The summed E-state index contributed by atoms with van der Waals surface area (Å²) < 4.78 is 0. The minimum atomic E-state index is -0.614. The molecule has 1 aliphatic heterocycles. The summed E-state index contributed by atoms with van der Waals surface area (Å²) in [6, 6.07) is 10.7. The van der Waals surface area contributed by atoms with Gasteiger partial charge in [-0.05, 0) is 43.0 Å². The predicted octanol–water partition coefficient (Wildman–Crippen LogP) is 3.29. The van der Waals surface area contributed by atoms with Gasteiger partial charge in [-0.15, -0.1) is 0 Å². The number of amides is 2. The number of hydrogen-bond acceptors (Lipinski definition) is 6. The number of carbonyl (C=O) groups is 2. The van der Waals surface area contributed by atoms with Gasteiger partial charge in [0.25, 0.3) is 23.2 Å². The molecule has 0 unspecified atom stereocenters. The minimum absolute atomic E-state index is 0.0225. The second kappa shape index (κ2) is 9.61. The van der Waals surface area contributed by atoms with Gasteiger partial charge in [0, 0.05) is 42.9 Å². The van der Waals surface area contributed by atoms with Crippen LogP contribution in [0.3, 0.4) is 0 Å². The number of piperidine rings is 1. The maximum Gasteiger partial charge on any atom is 0.270 e. The molecule has 10 nitrogen and oxygen atoms in total. The SMILES string of the molecule is O=C(N/C(=C/c1cccc([N+](=O)[O-])c1)C(=O)N1CCCCC1)c1ccc([N+](=O)[O-])cc1. The van der Waals surface area contributed by atoms with E-state index in [1.165, 1.54) is 48.5 Å². The average Bonchev–Trinajstić information content (AvgIpc) is 2.79. The Balaban J connectivity index is 1.90. The fraction of sp³-hybridized carbons (Fsp3) is 0.238. The first kappa shape index (κ1) is 21.6. The Labute approximate surface area is 177 Å². The lowest BCUT2D eigenvalue weighted by molar-refractivity contribution is -0.385. The Kier molecular flexibility index (Phi) is 6.71. The number of nitrogens with zero attached hydrogens (tertiary/aromatic N) is 3. The number of hydrogen-bond donors (Lipinski definition) is 1. The molecule has 0 saturated carbocycles. The Hall–Kier alpha value is -4.08. The molecule has 1 aliphatic rings. The fourth-order valence-electron chi connectivity index (χ4n) is 3.24. The van der Waals surface area contributed by atoms with Crippen LogP contribution in [0, 0.1) is 20.2 Å². The van der Waals surface area contributed by atoms with Crippen molar-refractivity contribution in [2.75, 3.05) is 13.1 Å². The molecule has 2 amide bonds. The fourth-order valence-corrected chi connectivity index (χ4v) is 3.24. The van der Waals surface area contributed by atoms with Gasteiger partial charge in [-0.1, -0.05) is 12.1 Å². The Bertz CT molecular complexity index is 1040. The lowest BCUT2D eigenvalue weighted by Crippen LogP contribution is -2.41. The van der Waals surface area contributed by atoms with E-state index < -0.39 is 15.8 Å². The summed E-state index contributed by atoms with van der Waals surface area (Å²) in [5.74, 6) is -1.00. The zero-order chi connectivity index (χ0) is 22.4. The molecule has 2 aromatic rings. The van der Waals surface area contributed by atoms with Crippen LogP contribution >= 0.6 is 0 Å². The van der Waals surface area contributed by atoms with Crippen molar-refractivity contribution in [2.24, 2.45) is 0 Å². The molecule has 0 atom stereocenters. The Morgan fingerprint density at radius 1 is 0.903 bits per heavy atom. The zero-order valence-corrected chi connectivity index (χ0v) is 16.5. The number of benzene rings is 2. The summed E-state index contributed by atoms with van der Waals surface area (Å²) in [6.07, 6.45) is 4.12. The number of nitro groups is 2. The molecule has 0 spiro atoms.